The van der Waals surface area contributed by atoms with Crippen molar-refractivity contribution in [2.75, 3.05) is 26.4 Å². The standard InChI is InChI=1S/C4H9F2O4P/c5-11(6,8)10-4-3-9-2-1-7/h7H,1-4H2. The van der Waals surface area contributed by atoms with E-state index in [4.69, 9.17) is 5.11 Å². The van der Waals surface area contributed by atoms with Gasteiger partial charge in [0.25, 0.3) is 0 Å². The molecular formula is C4H9F2O4P. The lowest BCUT2D eigenvalue weighted by atomic mass is 10.7. The Kier molecular flexibility index (Phi) is 5.58. The molecule has 0 spiro atoms. The molecule has 0 aromatic heterocycles. The topological polar surface area (TPSA) is 55.8 Å². The van der Waals surface area contributed by atoms with Crippen LogP contribution in [-0.4, -0.2) is 31.5 Å². The number of ether oxygens (including phenoxy) is 1. The molecule has 0 aromatic carbocycles. The lowest BCUT2D eigenvalue weighted by Crippen LogP contribution is -2.05. The molecule has 7 heteroatoms. The van der Waals surface area contributed by atoms with E-state index in [2.05, 4.69) is 9.26 Å². The fourth-order valence-corrected chi connectivity index (χ4v) is 0.656. The highest BCUT2D eigenvalue weighted by molar-refractivity contribution is 7.47. The quantitative estimate of drug-likeness (QED) is 0.502. The van der Waals surface area contributed by atoms with Gasteiger partial charge in [0.15, 0.2) is 0 Å². The highest BCUT2D eigenvalue weighted by Gasteiger charge is 2.19. The number of halogens is 2. The summed E-state index contributed by atoms with van der Waals surface area (Å²) in [6.07, 6.45) is 0. The SMILES string of the molecule is O=P(F)(F)OCCOCCO. The first kappa shape index (κ1) is 11.0. The van der Waals surface area contributed by atoms with Crippen molar-refractivity contribution in [2.45, 2.75) is 0 Å². The molecule has 1 N–H and O–H groups in total. The minimum absolute atomic E-state index is 0.0617. The molecular weight excluding hydrogens is 181 g/mol. The van der Waals surface area contributed by atoms with Gasteiger partial charge in [0, 0.05) is 0 Å². The summed E-state index contributed by atoms with van der Waals surface area (Å²) in [5.41, 5.74) is 0. The van der Waals surface area contributed by atoms with Crippen molar-refractivity contribution < 1.29 is 27.3 Å². The van der Waals surface area contributed by atoms with E-state index >= 15 is 0 Å². The monoisotopic (exact) mass is 190 g/mol. The van der Waals surface area contributed by atoms with Gasteiger partial charge in [-0.25, -0.2) is 4.57 Å². The van der Waals surface area contributed by atoms with Crippen LogP contribution >= 0.6 is 7.99 Å². The molecule has 0 aliphatic carbocycles. The van der Waals surface area contributed by atoms with E-state index in [-0.39, 0.29) is 19.8 Å². The average molecular weight is 190 g/mol. The van der Waals surface area contributed by atoms with Crippen LogP contribution in [0.3, 0.4) is 0 Å². The molecule has 0 radical (unpaired) electrons. The van der Waals surface area contributed by atoms with Gasteiger partial charge < -0.3 is 9.84 Å². The third-order valence-corrected chi connectivity index (χ3v) is 1.19. The van der Waals surface area contributed by atoms with Gasteiger partial charge in [-0.2, -0.15) is 0 Å². The van der Waals surface area contributed by atoms with E-state index in [1.165, 1.54) is 0 Å². The lowest BCUT2D eigenvalue weighted by Gasteiger charge is -2.01. The molecule has 0 atom stereocenters. The Bertz CT molecular complexity index is 136. The maximum absolute atomic E-state index is 11.5. The fraction of sp³-hybridized carbons (Fsp3) is 1.00. The first-order valence-electron chi connectivity index (χ1n) is 2.89. The maximum atomic E-state index is 11.5. The second kappa shape index (κ2) is 5.60. The predicted molar refractivity (Wildman–Crippen MR) is 33.7 cm³/mol. The van der Waals surface area contributed by atoms with Gasteiger partial charge in [-0.15, -0.1) is 8.39 Å². The van der Waals surface area contributed by atoms with Gasteiger partial charge in [-0.05, 0) is 0 Å². The molecule has 0 fully saturated rings. The van der Waals surface area contributed by atoms with Crippen molar-refractivity contribution in [3.63, 3.8) is 0 Å². The second-order valence-corrected chi connectivity index (χ2v) is 2.67. The smallest absolute Gasteiger partial charge is 0.394 e. The van der Waals surface area contributed by atoms with Gasteiger partial charge in [-0.3, -0.25) is 4.52 Å². The van der Waals surface area contributed by atoms with Crippen LogP contribution in [0.2, 0.25) is 0 Å². The normalized spacial score (nSPS) is 11.9. The zero-order valence-electron chi connectivity index (χ0n) is 5.70. The first-order valence-corrected chi connectivity index (χ1v) is 4.29. The van der Waals surface area contributed by atoms with Gasteiger partial charge in [0.2, 0.25) is 0 Å². The zero-order valence-corrected chi connectivity index (χ0v) is 6.60. The highest BCUT2D eigenvalue weighted by Crippen LogP contribution is 2.49. The van der Waals surface area contributed by atoms with Crippen LogP contribution < -0.4 is 0 Å². The molecule has 4 nitrogen and oxygen atoms in total. The average Bonchev–Trinajstić information content (AvgIpc) is 1.85. The van der Waals surface area contributed by atoms with Gasteiger partial charge >= 0.3 is 7.99 Å². The Morgan fingerprint density at radius 2 is 1.91 bits per heavy atom. The molecule has 0 amide bonds. The van der Waals surface area contributed by atoms with E-state index in [1.54, 1.807) is 0 Å². The van der Waals surface area contributed by atoms with Crippen LogP contribution in [0.25, 0.3) is 0 Å². The first-order chi connectivity index (χ1) is 5.06. The van der Waals surface area contributed by atoms with Crippen molar-refractivity contribution in [1.29, 1.82) is 0 Å². The Balaban J connectivity index is 3.09. The van der Waals surface area contributed by atoms with E-state index in [0.29, 0.717) is 0 Å². The summed E-state index contributed by atoms with van der Waals surface area (Å²) >= 11 is 0. The number of hydrogen-bond donors (Lipinski definition) is 1. The van der Waals surface area contributed by atoms with Crippen LogP contribution in [0.4, 0.5) is 8.39 Å². The van der Waals surface area contributed by atoms with Crippen molar-refractivity contribution in [3.05, 3.63) is 0 Å². The molecule has 11 heavy (non-hydrogen) atoms. The summed E-state index contributed by atoms with van der Waals surface area (Å²) in [4.78, 5) is 0. The molecule has 0 bridgehead atoms. The third kappa shape index (κ3) is 9.97. The molecule has 0 saturated carbocycles. The summed E-state index contributed by atoms with van der Waals surface area (Å²) in [5, 5.41) is 8.16. The minimum Gasteiger partial charge on any atom is -0.394 e. The number of aliphatic hydroxyl groups excluding tert-OH is 1. The van der Waals surface area contributed by atoms with E-state index < -0.39 is 14.6 Å². The summed E-state index contributed by atoms with van der Waals surface area (Å²) in [6, 6.07) is 0. The zero-order chi connectivity index (χ0) is 8.74. The highest BCUT2D eigenvalue weighted by atomic mass is 31.2. The largest absolute Gasteiger partial charge is 0.552 e. The Morgan fingerprint density at radius 1 is 1.27 bits per heavy atom. The van der Waals surface area contributed by atoms with Gasteiger partial charge in [0.05, 0.1) is 26.4 Å². The van der Waals surface area contributed by atoms with Crippen molar-refractivity contribution in [3.8, 4) is 0 Å². The Morgan fingerprint density at radius 3 is 2.36 bits per heavy atom. The molecule has 0 heterocycles. The van der Waals surface area contributed by atoms with Gasteiger partial charge in [0.1, 0.15) is 0 Å². The second-order valence-electron chi connectivity index (χ2n) is 1.58. The fourth-order valence-electron chi connectivity index (χ4n) is 0.369. The summed E-state index contributed by atoms with van der Waals surface area (Å²) < 4.78 is 40.6. The number of aliphatic hydroxyl groups is 1. The predicted octanol–water partition coefficient (Wildman–Crippen LogP) is 1.06. The number of rotatable bonds is 6. The van der Waals surface area contributed by atoms with Crippen molar-refractivity contribution in [2.24, 2.45) is 0 Å². The molecule has 0 aliphatic heterocycles. The van der Waals surface area contributed by atoms with E-state index in [1.807, 2.05) is 0 Å². The molecule has 0 aliphatic rings. The third-order valence-electron chi connectivity index (χ3n) is 0.705. The van der Waals surface area contributed by atoms with E-state index in [0.717, 1.165) is 0 Å². The maximum Gasteiger partial charge on any atom is 0.552 e. The van der Waals surface area contributed by atoms with Crippen LogP contribution in [0, 0.1) is 0 Å². The lowest BCUT2D eigenvalue weighted by molar-refractivity contribution is 0.0670. The molecule has 0 rings (SSSR count). The summed E-state index contributed by atoms with van der Waals surface area (Å²) in [7, 11) is -5.36. The Labute approximate surface area is 62.8 Å². The Hall–Kier alpha value is -0.0300. The van der Waals surface area contributed by atoms with Gasteiger partial charge in [-0.1, -0.05) is 0 Å². The van der Waals surface area contributed by atoms with Crippen molar-refractivity contribution in [1.82, 2.24) is 0 Å². The molecule has 0 unspecified atom stereocenters. The van der Waals surface area contributed by atoms with E-state index in [9.17, 15) is 13.0 Å². The van der Waals surface area contributed by atoms with Crippen LogP contribution in [0.1, 0.15) is 0 Å². The van der Waals surface area contributed by atoms with Crippen LogP contribution in [-0.2, 0) is 13.8 Å². The summed E-state index contributed by atoms with van der Waals surface area (Å²) in [5.74, 6) is 0. The molecule has 0 aromatic rings. The van der Waals surface area contributed by atoms with Crippen LogP contribution in [0.15, 0.2) is 0 Å². The summed E-state index contributed by atoms with van der Waals surface area (Å²) in [6.45, 7) is -0.641. The minimum atomic E-state index is -5.36. The van der Waals surface area contributed by atoms with Crippen LogP contribution in [0.5, 0.6) is 0 Å². The molecule has 0 saturated heterocycles. The number of hydrogen-bond acceptors (Lipinski definition) is 4. The molecule has 68 valence electrons. The van der Waals surface area contributed by atoms with Crippen molar-refractivity contribution >= 4 is 7.99 Å².